The second-order valence-corrected chi connectivity index (χ2v) is 5.00. The Morgan fingerprint density at radius 3 is 2.41 bits per heavy atom. The molecule has 2 rings (SSSR count). The second-order valence-electron chi connectivity index (χ2n) is 5.00. The molecule has 0 amide bonds. The Balaban J connectivity index is 2.30. The van der Waals surface area contributed by atoms with Gasteiger partial charge in [-0.3, -0.25) is 4.79 Å². The van der Waals surface area contributed by atoms with Crippen LogP contribution in [0.15, 0.2) is 0 Å². The first-order chi connectivity index (χ1) is 7.81. The third-order valence-corrected chi connectivity index (χ3v) is 4.17. The fourth-order valence-corrected chi connectivity index (χ4v) is 3.18. The molecule has 5 unspecified atom stereocenters. The number of halogens is 1. The van der Waals surface area contributed by atoms with Crippen molar-refractivity contribution in [3.05, 3.63) is 0 Å². The molecule has 0 heterocycles. The van der Waals surface area contributed by atoms with Crippen molar-refractivity contribution < 1.29 is 23.5 Å². The monoisotopic (exact) mass is 245 g/mol. The largest absolute Gasteiger partial charge is 0.469 e. The van der Waals surface area contributed by atoms with Crippen LogP contribution < -0.4 is 5.73 Å². The van der Waals surface area contributed by atoms with Gasteiger partial charge in [0.1, 0.15) is 5.67 Å². The number of nitrogens with two attached hydrogens (primary N) is 1. The maximum absolute atomic E-state index is 14.3. The van der Waals surface area contributed by atoms with E-state index in [1.165, 1.54) is 14.0 Å². The molecular weight excluding hydrogens is 229 g/mol. The highest BCUT2D eigenvalue weighted by Crippen LogP contribution is 2.66. The summed E-state index contributed by atoms with van der Waals surface area (Å²) in [5.74, 6) is -2.46. The molecule has 0 aromatic rings. The lowest BCUT2D eigenvalue weighted by Gasteiger charge is -2.34. The van der Waals surface area contributed by atoms with E-state index < -0.39 is 35.0 Å². The Morgan fingerprint density at radius 2 is 1.94 bits per heavy atom. The molecule has 0 aromatic carbocycles. The Labute approximate surface area is 98.4 Å². The minimum Gasteiger partial charge on any atom is -0.469 e. The van der Waals surface area contributed by atoms with Crippen molar-refractivity contribution in [1.29, 1.82) is 0 Å². The van der Waals surface area contributed by atoms with Gasteiger partial charge in [-0.15, -0.1) is 0 Å². The molecule has 96 valence electrons. The molecule has 2 aliphatic carbocycles. The fraction of sp³-hybridized carbons (Fsp3) is 0.818. The molecule has 2 fully saturated rings. The molecule has 2 aliphatic rings. The van der Waals surface area contributed by atoms with E-state index in [4.69, 9.17) is 5.73 Å². The van der Waals surface area contributed by atoms with E-state index in [0.29, 0.717) is 0 Å². The molecule has 0 bridgehead atoms. The van der Waals surface area contributed by atoms with Crippen LogP contribution in [-0.4, -0.2) is 37.4 Å². The van der Waals surface area contributed by atoms with Crippen molar-refractivity contribution in [3.63, 3.8) is 0 Å². The van der Waals surface area contributed by atoms with Gasteiger partial charge in [0.15, 0.2) is 5.54 Å². The van der Waals surface area contributed by atoms with Crippen LogP contribution in [0.25, 0.3) is 0 Å². The van der Waals surface area contributed by atoms with E-state index >= 15 is 0 Å². The summed E-state index contributed by atoms with van der Waals surface area (Å²) in [7, 11) is 2.43. The van der Waals surface area contributed by atoms with Gasteiger partial charge in [-0.25, -0.2) is 9.18 Å². The zero-order chi connectivity index (χ0) is 13.0. The Morgan fingerprint density at radius 1 is 1.35 bits per heavy atom. The van der Waals surface area contributed by atoms with Crippen LogP contribution in [0.5, 0.6) is 0 Å². The van der Waals surface area contributed by atoms with Crippen molar-refractivity contribution in [2.45, 2.75) is 24.6 Å². The van der Waals surface area contributed by atoms with Crippen molar-refractivity contribution in [3.8, 4) is 0 Å². The number of hydrogen-bond donors (Lipinski definition) is 1. The van der Waals surface area contributed by atoms with Crippen molar-refractivity contribution in [1.82, 2.24) is 0 Å². The topological polar surface area (TPSA) is 78.6 Å². The van der Waals surface area contributed by atoms with Gasteiger partial charge in [0, 0.05) is 5.92 Å². The maximum atomic E-state index is 14.3. The normalized spacial score (nSPS) is 47.2. The summed E-state index contributed by atoms with van der Waals surface area (Å²) in [6.07, 6.45) is 0.0863. The van der Waals surface area contributed by atoms with E-state index in [1.807, 2.05) is 0 Å². The van der Waals surface area contributed by atoms with Gasteiger partial charge in [-0.05, 0) is 19.3 Å². The number of alkyl halides is 1. The number of hydrogen-bond acceptors (Lipinski definition) is 5. The molecular formula is C11H16FNO4. The Hall–Kier alpha value is -1.17. The van der Waals surface area contributed by atoms with Crippen LogP contribution in [-0.2, 0) is 19.1 Å². The average molecular weight is 245 g/mol. The molecule has 6 heteroatoms. The average Bonchev–Trinajstić information content (AvgIpc) is 2.93. The highest BCUT2D eigenvalue weighted by Gasteiger charge is 2.79. The molecule has 0 radical (unpaired) electrons. The van der Waals surface area contributed by atoms with Crippen molar-refractivity contribution in [2.24, 2.45) is 23.5 Å². The quantitative estimate of drug-likeness (QED) is 0.694. The summed E-state index contributed by atoms with van der Waals surface area (Å²) < 4.78 is 23.5. The van der Waals surface area contributed by atoms with E-state index in [-0.39, 0.29) is 12.3 Å². The zero-order valence-corrected chi connectivity index (χ0v) is 10.0. The van der Waals surface area contributed by atoms with E-state index in [9.17, 15) is 14.0 Å². The smallest absolute Gasteiger partial charge is 0.329 e. The SMILES string of the molecule is COC(=O)C1C2CC(C)(F)C(N)(C(=O)OC)C21. The van der Waals surface area contributed by atoms with Gasteiger partial charge in [0.2, 0.25) is 0 Å². The highest BCUT2D eigenvalue weighted by atomic mass is 19.1. The van der Waals surface area contributed by atoms with Crippen LogP contribution in [0.3, 0.4) is 0 Å². The molecule has 0 spiro atoms. The van der Waals surface area contributed by atoms with Crippen LogP contribution in [0.4, 0.5) is 4.39 Å². The van der Waals surface area contributed by atoms with Gasteiger partial charge in [0.25, 0.3) is 0 Å². The van der Waals surface area contributed by atoms with Gasteiger partial charge in [-0.2, -0.15) is 0 Å². The number of methoxy groups -OCH3 is 2. The summed E-state index contributed by atoms with van der Waals surface area (Å²) in [6, 6.07) is 0. The summed E-state index contributed by atoms with van der Waals surface area (Å²) in [4.78, 5) is 23.2. The number of rotatable bonds is 2. The van der Waals surface area contributed by atoms with Gasteiger partial charge >= 0.3 is 11.9 Å². The summed E-state index contributed by atoms with van der Waals surface area (Å²) in [5.41, 5.74) is 2.31. The summed E-state index contributed by atoms with van der Waals surface area (Å²) in [6.45, 7) is 1.28. The standard InChI is InChI=1S/C11H16FNO4/c1-10(12)4-5-6(8(14)16-2)7(5)11(10,13)9(15)17-3/h5-7H,4,13H2,1-3H3. The molecule has 2 N–H and O–H groups in total. The van der Waals surface area contributed by atoms with Crippen LogP contribution in [0, 0.1) is 17.8 Å². The van der Waals surface area contributed by atoms with Crippen molar-refractivity contribution in [2.75, 3.05) is 14.2 Å². The highest BCUT2D eigenvalue weighted by molar-refractivity contribution is 5.88. The predicted octanol–water partition coefficient (Wildman–Crippen LogP) is 0.0240. The lowest BCUT2D eigenvalue weighted by atomic mass is 9.80. The molecule has 0 aliphatic heterocycles. The van der Waals surface area contributed by atoms with Crippen LogP contribution in [0.2, 0.25) is 0 Å². The van der Waals surface area contributed by atoms with Gasteiger partial charge in [-0.1, -0.05) is 0 Å². The molecule has 0 saturated heterocycles. The second kappa shape index (κ2) is 3.41. The molecule has 5 nitrogen and oxygen atoms in total. The van der Waals surface area contributed by atoms with E-state index in [2.05, 4.69) is 9.47 Å². The summed E-state index contributed by atoms with van der Waals surface area (Å²) in [5, 5.41) is 0. The predicted molar refractivity (Wildman–Crippen MR) is 55.6 cm³/mol. The van der Waals surface area contributed by atoms with E-state index in [0.717, 1.165) is 7.11 Å². The third-order valence-electron chi connectivity index (χ3n) is 4.17. The van der Waals surface area contributed by atoms with Gasteiger partial charge in [0.05, 0.1) is 20.1 Å². The fourth-order valence-electron chi connectivity index (χ4n) is 3.18. The molecule has 0 aromatic heterocycles. The van der Waals surface area contributed by atoms with Crippen molar-refractivity contribution >= 4 is 11.9 Å². The molecule has 5 atom stereocenters. The Kier molecular flexibility index (Phi) is 2.47. The number of carbonyl (C=O) groups is 2. The third kappa shape index (κ3) is 1.33. The minimum atomic E-state index is -1.85. The lowest BCUT2D eigenvalue weighted by Crippen LogP contribution is -2.62. The first kappa shape index (κ1) is 12.3. The molecule has 17 heavy (non-hydrogen) atoms. The zero-order valence-electron chi connectivity index (χ0n) is 10.0. The summed E-state index contributed by atoms with van der Waals surface area (Å²) >= 11 is 0. The van der Waals surface area contributed by atoms with Crippen LogP contribution >= 0.6 is 0 Å². The van der Waals surface area contributed by atoms with Gasteiger partial charge < -0.3 is 15.2 Å². The van der Waals surface area contributed by atoms with E-state index in [1.54, 1.807) is 0 Å². The Bertz CT molecular complexity index is 384. The number of esters is 2. The number of fused-ring (bicyclic) bond motifs is 1. The first-order valence-electron chi connectivity index (χ1n) is 5.45. The maximum Gasteiger partial charge on any atom is 0.329 e. The first-order valence-corrected chi connectivity index (χ1v) is 5.45. The minimum absolute atomic E-state index is 0.0863. The lowest BCUT2D eigenvalue weighted by molar-refractivity contribution is -0.155. The number of ether oxygens (including phenoxy) is 2. The van der Waals surface area contributed by atoms with Crippen LogP contribution in [0.1, 0.15) is 13.3 Å². The number of carbonyl (C=O) groups excluding carboxylic acids is 2. The molecule has 2 saturated carbocycles.